The van der Waals surface area contributed by atoms with E-state index in [-0.39, 0.29) is 18.0 Å². The highest BCUT2D eigenvalue weighted by molar-refractivity contribution is 5.85. The number of rotatable bonds is 2. The number of aromatic nitrogens is 6. The molecule has 0 bridgehead atoms. The van der Waals surface area contributed by atoms with E-state index < -0.39 is 0 Å². The molecular weight excluding hydrogens is 390 g/mol. The van der Waals surface area contributed by atoms with Gasteiger partial charge >= 0.3 is 0 Å². The number of fused-ring (bicyclic) bond motifs is 2. The van der Waals surface area contributed by atoms with Crippen molar-refractivity contribution >= 4 is 23.7 Å². The maximum atomic E-state index is 12.9. The molecule has 0 spiro atoms. The van der Waals surface area contributed by atoms with E-state index in [4.69, 9.17) is 9.97 Å². The van der Waals surface area contributed by atoms with Crippen LogP contribution in [0.1, 0.15) is 35.8 Å². The van der Waals surface area contributed by atoms with Crippen molar-refractivity contribution in [1.29, 1.82) is 0 Å². The van der Waals surface area contributed by atoms with Gasteiger partial charge in [0, 0.05) is 18.2 Å². The van der Waals surface area contributed by atoms with Gasteiger partial charge in [0.15, 0.2) is 11.3 Å². The molecule has 0 aliphatic carbocycles. The average Bonchev–Trinajstić information content (AvgIpc) is 3.08. The lowest BCUT2D eigenvalue weighted by atomic mass is 9.95. The molecule has 0 radical (unpaired) electrons. The first-order valence-corrected chi connectivity index (χ1v) is 9.53. The summed E-state index contributed by atoms with van der Waals surface area (Å²) in [5.74, 6) is 0.379. The van der Waals surface area contributed by atoms with E-state index in [0.29, 0.717) is 23.0 Å². The molecule has 0 atom stereocenters. The molecule has 0 amide bonds. The predicted octanol–water partition coefficient (Wildman–Crippen LogP) is 2.30. The van der Waals surface area contributed by atoms with Crippen molar-refractivity contribution in [2.45, 2.75) is 32.6 Å². The first-order valence-electron chi connectivity index (χ1n) is 9.53. The summed E-state index contributed by atoms with van der Waals surface area (Å²) < 4.78 is 3.32. The second-order valence-corrected chi connectivity index (χ2v) is 7.35. The Labute approximate surface area is 173 Å². The molecule has 150 valence electrons. The summed E-state index contributed by atoms with van der Waals surface area (Å²) in [7, 11) is 0. The van der Waals surface area contributed by atoms with Gasteiger partial charge < -0.3 is 5.32 Å². The molecule has 4 aromatic heterocycles. The quantitative estimate of drug-likeness (QED) is 0.544. The highest BCUT2D eigenvalue weighted by Crippen LogP contribution is 2.24. The van der Waals surface area contributed by atoms with Gasteiger partial charge in [-0.15, -0.1) is 12.4 Å². The SMILES string of the molecule is Cc1cn2nc(-c3cc(=O)n4cc(C5CCNCC5)nc(C)c4n3)ccc2n1.Cl. The number of imidazole rings is 1. The molecule has 1 saturated heterocycles. The van der Waals surface area contributed by atoms with Crippen molar-refractivity contribution in [2.75, 3.05) is 13.1 Å². The highest BCUT2D eigenvalue weighted by atomic mass is 35.5. The van der Waals surface area contributed by atoms with Crippen LogP contribution in [0, 0.1) is 13.8 Å². The van der Waals surface area contributed by atoms with Gasteiger partial charge in [-0.2, -0.15) is 5.10 Å². The molecule has 1 fully saturated rings. The van der Waals surface area contributed by atoms with Crippen LogP contribution in [0.15, 0.2) is 35.4 Å². The first kappa shape index (κ1) is 19.5. The number of hydrogen-bond acceptors (Lipinski definition) is 6. The Morgan fingerprint density at radius 3 is 2.62 bits per heavy atom. The van der Waals surface area contributed by atoms with Gasteiger partial charge in [0.05, 0.1) is 29.0 Å². The topological polar surface area (TPSA) is 89.5 Å². The van der Waals surface area contributed by atoms with Gasteiger partial charge in [0.25, 0.3) is 5.56 Å². The van der Waals surface area contributed by atoms with Crippen molar-refractivity contribution in [3.05, 3.63) is 58.0 Å². The summed E-state index contributed by atoms with van der Waals surface area (Å²) in [6, 6.07) is 5.26. The maximum absolute atomic E-state index is 12.9. The molecule has 1 N–H and O–H groups in total. The molecule has 8 nitrogen and oxygen atoms in total. The van der Waals surface area contributed by atoms with Crippen molar-refractivity contribution in [2.24, 2.45) is 0 Å². The first-order chi connectivity index (χ1) is 13.6. The van der Waals surface area contributed by atoms with Gasteiger partial charge in [-0.05, 0) is 51.9 Å². The highest BCUT2D eigenvalue weighted by Gasteiger charge is 2.19. The van der Waals surface area contributed by atoms with Gasteiger partial charge in [-0.25, -0.2) is 14.5 Å². The molecule has 0 aromatic carbocycles. The maximum Gasteiger partial charge on any atom is 0.258 e. The zero-order chi connectivity index (χ0) is 19.3. The summed E-state index contributed by atoms with van der Waals surface area (Å²) in [4.78, 5) is 26.7. The number of nitrogens with zero attached hydrogens (tertiary/aromatic N) is 6. The molecule has 5 heterocycles. The third-order valence-electron chi connectivity index (χ3n) is 5.29. The predicted molar refractivity (Wildman–Crippen MR) is 113 cm³/mol. The van der Waals surface area contributed by atoms with Crippen LogP contribution in [-0.2, 0) is 0 Å². The Balaban J connectivity index is 0.00000205. The third kappa shape index (κ3) is 3.49. The molecule has 5 rings (SSSR count). The lowest BCUT2D eigenvalue weighted by Gasteiger charge is -2.22. The molecule has 4 aromatic rings. The van der Waals surface area contributed by atoms with Crippen LogP contribution in [0.25, 0.3) is 22.7 Å². The van der Waals surface area contributed by atoms with Crippen molar-refractivity contribution < 1.29 is 0 Å². The molecule has 1 aliphatic heterocycles. The third-order valence-corrected chi connectivity index (χ3v) is 5.29. The van der Waals surface area contributed by atoms with E-state index >= 15 is 0 Å². The van der Waals surface area contributed by atoms with E-state index in [1.807, 2.05) is 38.4 Å². The molecule has 0 unspecified atom stereocenters. The van der Waals surface area contributed by atoms with Crippen LogP contribution in [0.4, 0.5) is 0 Å². The van der Waals surface area contributed by atoms with Gasteiger partial charge in [0.1, 0.15) is 5.69 Å². The van der Waals surface area contributed by atoms with Crippen LogP contribution in [0.5, 0.6) is 0 Å². The Morgan fingerprint density at radius 2 is 1.83 bits per heavy atom. The number of nitrogens with one attached hydrogen (secondary N) is 1. The summed E-state index contributed by atoms with van der Waals surface area (Å²) in [6.07, 6.45) is 5.77. The zero-order valence-corrected chi connectivity index (χ0v) is 17.1. The fraction of sp³-hybridized carbons (Fsp3) is 0.350. The van der Waals surface area contributed by atoms with E-state index in [9.17, 15) is 4.79 Å². The monoisotopic (exact) mass is 411 g/mol. The standard InChI is InChI=1S/C20H21N7O.ClH/c1-12-10-27-18(22-12)4-3-15(25-27)16-9-19(28)26-11-17(14-5-7-21-8-6-14)23-13(2)20(26)24-16;/h3-4,9-11,14,21H,5-8H2,1-2H3;1H. The van der Waals surface area contributed by atoms with Gasteiger partial charge in [0.2, 0.25) is 0 Å². The minimum absolute atomic E-state index is 0. The number of hydrogen-bond donors (Lipinski definition) is 1. The lowest BCUT2D eigenvalue weighted by molar-refractivity contribution is 0.451. The van der Waals surface area contributed by atoms with Crippen LogP contribution < -0.4 is 10.9 Å². The van der Waals surface area contributed by atoms with Crippen LogP contribution in [0.3, 0.4) is 0 Å². The van der Waals surface area contributed by atoms with E-state index in [0.717, 1.165) is 48.7 Å². The minimum Gasteiger partial charge on any atom is -0.317 e. The van der Waals surface area contributed by atoms with Gasteiger partial charge in [-0.3, -0.25) is 14.2 Å². The van der Waals surface area contributed by atoms with Crippen LogP contribution in [0.2, 0.25) is 0 Å². The molecule has 9 heteroatoms. The smallest absolute Gasteiger partial charge is 0.258 e. The largest absolute Gasteiger partial charge is 0.317 e. The molecule has 29 heavy (non-hydrogen) atoms. The van der Waals surface area contributed by atoms with E-state index in [1.54, 1.807) is 8.92 Å². The van der Waals surface area contributed by atoms with Crippen LogP contribution >= 0.6 is 12.4 Å². The lowest BCUT2D eigenvalue weighted by Crippen LogP contribution is -2.28. The van der Waals surface area contributed by atoms with E-state index in [2.05, 4.69) is 15.4 Å². The second kappa shape index (κ2) is 7.53. The Hall–Kier alpha value is -2.84. The summed E-state index contributed by atoms with van der Waals surface area (Å²) in [5, 5.41) is 7.92. The number of halogens is 1. The van der Waals surface area contributed by atoms with Crippen molar-refractivity contribution in [3.63, 3.8) is 0 Å². The molecule has 0 saturated carbocycles. The fourth-order valence-corrected chi connectivity index (χ4v) is 3.86. The molecule has 1 aliphatic rings. The zero-order valence-electron chi connectivity index (χ0n) is 16.3. The number of aryl methyl sites for hydroxylation is 2. The summed E-state index contributed by atoms with van der Waals surface area (Å²) in [5.41, 5.74) is 5.01. The fourth-order valence-electron chi connectivity index (χ4n) is 3.86. The Bertz CT molecular complexity index is 1260. The average molecular weight is 412 g/mol. The summed E-state index contributed by atoms with van der Waals surface area (Å²) >= 11 is 0. The van der Waals surface area contributed by atoms with Crippen LogP contribution in [-0.4, -0.2) is 42.1 Å². The Kier molecular flexibility index (Phi) is 5.06. The number of piperidine rings is 1. The molecular formula is C20H22ClN7O. The Morgan fingerprint density at radius 1 is 1.03 bits per heavy atom. The van der Waals surface area contributed by atoms with Crippen molar-refractivity contribution in [1.82, 2.24) is 34.3 Å². The summed E-state index contributed by atoms with van der Waals surface area (Å²) in [6.45, 7) is 5.80. The van der Waals surface area contributed by atoms with E-state index in [1.165, 1.54) is 6.07 Å². The second-order valence-electron chi connectivity index (χ2n) is 7.35. The van der Waals surface area contributed by atoms with Crippen molar-refractivity contribution in [3.8, 4) is 11.4 Å². The normalized spacial score (nSPS) is 15.0. The minimum atomic E-state index is -0.121. The van der Waals surface area contributed by atoms with Gasteiger partial charge in [-0.1, -0.05) is 0 Å².